The first-order valence-corrected chi connectivity index (χ1v) is 8.47. The zero-order valence-corrected chi connectivity index (χ0v) is 15.6. The van der Waals surface area contributed by atoms with E-state index in [2.05, 4.69) is 25.1 Å². The SMILES string of the molecule is CC.CC.CCc1ccc2c(c1)CN(C(=O)OC(C)(C)C)C2. The maximum atomic E-state index is 12.0. The summed E-state index contributed by atoms with van der Waals surface area (Å²) in [7, 11) is 0. The summed E-state index contributed by atoms with van der Waals surface area (Å²) in [4.78, 5) is 13.7. The fourth-order valence-corrected chi connectivity index (χ4v) is 2.12. The van der Waals surface area contributed by atoms with Crippen molar-refractivity contribution in [3.8, 4) is 0 Å². The fraction of sp³-hybridized carbons (Fsp3) is 0.632. The Kier molecular flexibility index (Phi) is 8.84. The van der Waals surface area contributed by atoms with Crippen molar-refractivity contribution in [1.29, 1.82) is 0 Å². The molecular formula is C19H33NO2. The molecule has 0 saturated carbocycles. The Morgan fingerprint density at radius 1 is 1.09 bits per heavy atom. The standard InChI is InChI=1S/C15H21NO2.2C2H6/c1-5-11-6-7-12-9-16(10-13(12)8-11)14(17)18-15(2,3)4;2*1-2/h6-8H,5,9-10H2,1-4H3;2*1-2H3. The van der Waals surface area contributed by atoms with E-state index in [0.717, 1.165) is 6.42 Å². The average molecular weight is 307 g/mol. The van der Waals surface area contributed by atoms with Crippen LogP contribution in [-0.2, 0) is 24.2 Å². The second kappa shape index (κ2) is 9.50. The number of amides is 1. The van der Waals surface area contributed by atoms with E-state index in [1.54, 1.807) is 4.90 Å². The number of carbonyl (C=O) groups excluding carboxylic acids is 1. The lowest BCUT2D eigenvalue weighted by Gasteiger charge is -2.24. The molecule has 0 aliphatic carbocycles. The molecule has 0 saturated heterocycles. The summed E-state index contributed by atoms with van der Waals surface area (Å²) in [6.07, 6.45) is 0.802. The van der Waals surface area contributed by atoms with E-state index in [4.69, 9.17) is 4.74 Å². The smallest absolute Gasteiger partial charge is 0.410 e. The number of aryl methyl sites for hydroxylation is 1. The van der Waals surface area contributed by atoms with Crippen LogP contribution < -0.4 is 0 Å². The molecule has 1 aliphatic heterocycles. The number of benzene rings is 1. The van der Waals surface area contributed by atoms with E-state index < -0.39 is 5.60 Å². The highest BCUT2D eigenvalue weighted by molar-refractivity contribution is 5.69. The van der Waals surface area contributed by atoms with Gasteiger partial charge >= 0.3 is 6.09 Å². The monoisotopic (exact) mass is 307 g/mol. The van der Waals surface area contributed by atoms with Gasteiger partial charge in [0.2, 0.25) is 0 Å². The molecule has 3 nitrogen and oxygen atoms in total. The summed E-state index contributed by atoms with van der Waals surface area (Å²) >= 11 is 0. The molecule has 0 spiro atoms. The zero-order chi connectivity index (χ0) is 17.3. The number of ether oxygens (including phenoxy) is 1. The lowest BCUT2D eigenvalue weighted by Crippen LogP contribution is -2.33. The summed E-state index contributed by atoms with van der Waals surface area (Å²) in [5, 5.41) is 0. The Morgan fingerprint density at radius 3 is 2.14 bits per heavy atom. The van der Waals surface area contributed by atoms with Crippen LogP contribution in [0.15, 0.2) is 18.2 Å². The van der Waals surface area contributed by atoms with Crippen LogP contribution in [0, 0.1) is 0 Å². The number of carbonyl (C=O) groups is 1. The van der Waals surface area contributed by atoms with Gasteiger partial charge in [0.15, 0.2) is 0 Å². The highest BCUT2D eigenvalue weighted by Crippen LogP contribution is 2.25. The number of rotatable bonds is 1. The highest BCUT2D eigenvalue weighted by atomic mass is 16.6. The van der Waals surface area contributed by atoms with E-state index in [1.165, 1.54) is 16.7 Å². The third-order valence-corrected chi connectivity index (χ3v) is 3.05. The van der Waals surface area contributed by atoms with Gasteiger partial charge in [0.05, 0.1) is 0 Å². The molecule has 2 rings (SSSR count). The first kappa shape index (κ1) is 20.5. The second-order valence-electron chi connectivity index (χ2n) is 5.79. The zero-order valence-electron chi connectivity index (χ0n) is 15.6. The molecule has 0 aromatic heterocycles. The molecule has 0 N–H and O–H groups in total. The molecule has 1 aliphatic rings. The van der Waals surface area contributed by atoms with Gasteiger partial charge in [-0.2, -0.15) is 0 Å². The number of fused-ring (bicyclic) bond motifs is 1. The molecular weight excluding hydrogens is 274 g/mol. The number of hydrogen-bond acceptors (Lipinski definition) is 2. The van der Waals surface area contributed by atoms with Crippen molar-refractivity contribution in [3.05, 3.63) is 34.9 Å². The van der Waals surface area contributed by atoms with Gasteiger partial charge in [-0.25, -0.2) is 4.79 Å². The lowest BCUT2D eigenvalue weighted by atomic mass is 10.1. The van der Waals surface area contributed by atoms with Crippen molar-refractivity contribution in [2.75, 3.05) is 0 Å². The van der Waals surface area contributed by atoms with Gasteiger partial charge in [-0.05, 0) is 43.9 Å². The summed E-state index contributed by atoms with van der Waals surface area (Å²) in [6, 6.07) is 6.45. The van der Waals surface area contributed by atoms with Crippen LogP contribution in [0.3, 0.4) is 0 Å². The van der Waals surface area contributed by atoms with Crippen molar-refractivity contribution in [1.82, 2.24) is 4.90 Å². The predicted molar refractivity (Wildman–Crippen MR) is 94.0 cm³/mol. The predicted octanol–water partition coefficient (Wildman–Crippen LogP) is 5.55. The number of nitrogens with zero attached hydrogens (tertiary/aromatic N) is 1. The molecule has 22 heavy (non-hydrogen) atoms. The largest absolute Gasteiger partial charge is 0.444 e. The molecule has 1 aromatic carbocycles. The summed E-state index contributed by atoms with van der Waals surface area (Å²) in [5.74, 6) is 0. The Labute approximate surface area is 136 Å². The van der Waals surface area contributed by atoms with E-state index in [-0.39, 0.29) is 6.09 Å². The van der Waals surface area contributed by atoms with Crippen molar-refractivity contribution in [2.45, 2.75) is 80.5 Å². The normalized spacial score (nSPS) is 12.5. The van der Waals surface area contributed by atoms with E-state index in [1.807, 2.05) is 48.5 Å². The minimum atomic E-state index is -0.430. The maximum absolute atomic E-state index is 12.0. The molecule has 0 unspecified atom stereocenters. The van der Waals surface area contributed by atoms with Gasteiger partial charge in [0, 0.05) is 13.1 Å². The molecule has 1 aromatic rings. The van der Waals surface area contributed by atoms with Crippen LogP contribution in [0.25, 0.3) is 0 Å². The van der Waals surface area contributed by atoms with Crippen LogP contribution >= 0.6 is 0 Å². The molecule has 1 heterocycles. The van der Waals surface area contributed by atoms with Gasteiger partial charge in [0.25, 0.3) is 0 Å². The third-order valence-electron chi connectivity index (χ3n) is 3.05. The average Bonchev–Trinajstić information content (AvgIpc) is 2.92. The van der Waals surface area contributed by atoms with Crippen LogP contribution in [0.5, 0.6) is 0 Å². The lowest BCUT2D eigenvalue weighted by molar-refractivity contribution is 0.0242. The van der Waals surface area contributed by atoms with E-state index >= 15 is 0 Å². The fourth-order valence-electron chi connectivity index (χ4n) is 2.12. The van der Waals surface area contributed by atoms with Crippen LogP contribution in [0.2, 0.25) is 0 Å². The van der Waals surface area contributed by atoms with Crippen molar-refractivity contribution in [3.63, 3.8) is 0 Å². The molecule has 0 atom stereocenters. The summed E-state index contributed by atoms with van der Waals surface area (Å²) in [5.41, 5.74) is 3.37. The minimum absolute atomic E-state index is 0.225. The second-order valence-corrected chi connectivity index (χ2v) is 5.79. The molecule has 126 valence electrons. The summed E-state index contributed by atoms with van der Waals surface area (Å²) in [6.45, 7) is 17.1. The van der Waals surface area contributed by atoms with Crippen molar-refractivity contribution >= 4 is 6.09 Å². The van der Waals surface area contributed by atoms with Crippen LogP contribution in [0.4, 0.5) is 4.79 Å². The topological polar surface area (TPSA) is 29.5 Å². The van der Waals surface area contributed by atoms with E-state index in [0.29, 0.717) is 13.1 Å². The minimum Gasteiger partial charge on any atom is -0.444 e. The van der Waals surface area contributed by atoms with Crippen LogP contribution in [0.1, 0.15) is 72.1 Å². The first-order valence-electron chi connectivity index (χ1n) is 8.47. The quantitative estimate of drug-likeness (QED) is 0.680. The maximum Gasteiger partial charge on any atom is 0.410 e. The molecule has 0 fully saturated rings. The molecule has 1 amide bonds. The Hall–Kier alpha value is -1.51. The van der Waals surface area contributed by atoms with Gasteiger partial charge in [-0.3, -0.25) is 4.90 Å². The Bertz CT molecular complexity index is 461. The van der Waals surface area contributed by atoms with E-state index in [9.17, 15) is 4.79 Å². The first-order chi connectivity index (χ1) is 10.4. The molecule has 0 bridgehead atoms. The molecule has 0 radical (unpaired) electrons. The van der Waals surface area contributed by atoms with Gasteiger partial charge in [-0.1, -0.05) is 52.8 Å². The van der Waals surface area contributed by atoms with Gasteiger partial charge in [-0.15, -0.1) is 0 Å². The Morgan fingerprint density at radius 2 is 1.64 bits per heavy atom. The van der Waals surface area contributed by atoms with Gasteiger partial charge in [0.1, 0.15) is 5.60 Å². The third kappa shape index (κ3) is 6.08. The van der Waals surface area contributed by atoms with Crippen molar-refractivity contribution < 1.29 is 9.53 Å². The van der Waals surface area contributed by atoms with Crippen molar-refractivity contribution in [2.24, 2.45) is 0 Å². The molecule has 3 heteroatoms. The Balaban J connectivity index is 0.00000102. The van der Waals surface area contributed by atoms with Crippen LogP contribution in [-0.4, -0.2) is 16.6 Å². The van der Waals surface area contributed by atoms with Gasteiger partial charge < -0.3 is 4.74 Å². The summed E-state index contributed by atoms with van der Waals surface area (Å²) < 4.78 is 5.40. The number of hydrogen-bond donors (Lipinski definition) is 0. The highest BCUT2D eigenvalue weighted by Gasteiger charge is 2.27.